The predicted molar refractivity (Wildman–Crippen MR) is 78.0 cm³/mol. The normalized spacial score (nSPS) is 18.1. The second-order valence-electron chi connectivity index (χ2n) is 4.85. The number of rotatable bonds is 2. The van der Waals surface area contributed by atoms with E-state index in [4.69, 9.17) is 9.72 Å². The van der Waals surface area contributed by atoms with Gasteiger partial charge in [0.25, 0.3) is 0 Å². The van der Waals surface area contributed by atoms with Crippen LogP contribution >= 0.6 is 11.3 Å². The van der Waals surface area contributed by atoms with Gasteiger partial charge >= 0.3 is 0 Å². The van der Waals surface area contributed by atoms with Crippen LogP contribution in [0, 0.1) is 0 Å². The molecular weight excluding hydrogens is 272 g/mol. The summed E-state index contributed by atoms with van der Waals surface area (Å²) in [5, 5.41) is 4.63. The number of hydrogen-bond donors (Lipinski definition) is 2. The number of methoxy groups -OCH3 is 1. The van der Waals surface area contributed by atoms with Crippen molar-refractivity contribution >= 4 is 21.6 Å². The molecule has 0 saturated heterocycles. The molecule has 0 aliphatic carbocycles. The molecule has 0 fully saturated rings. The standard InChI is InChI=1S/C14H14N4OS/c1-19-8-2-3-9-13(4-8)20-14(18-9)11-5-10-12(6-15-11)17-7-16-10/h2-4,7,11,15H,5-6H2,1H3,(H,16,17). The van der Waals surface area contributed by atoms with Crippen molar-refractivity contribution in [1.82, 2.24) is 20.3 Å². The van der Waals surface area contributed by atoms with Crippen molar-refractivity contribution < 1.29 is 4.74 Å². The highest BCUT2D eigenvalue weighted by Crippen LogP contribution is 2.32. The Morgan fingerprint density at radius 1 is 1.40 bits per heavy atom. The Balaban J connectivity index is 1.69. The van der Waals surface area contributed by atoms with Crippen molar-refractivity contribution in [3.8, 4) is 5.75 Å². The van der Waals surface area contributed by atoms with Crippen LogP contribution in [0.25, 0.3) is 10.2 Å². The third-order valence-corrected chi connectivity index (χ3v) is 4.77. The number of nitrogens with one attached hydrogen (secondary N) is 2. The zero-order chi connectivity index (χ0) is 13.5. The molecule has 0 saturated carbocycles. The number of benzene rings is 1. The minimum atomic E-state index is 0.245. The second kappa shape index (κ2) is 4.57. The zero-order valence-corrected chi connectivity index (χ0v) is 11.8. The van der Waals surface area contributed by atoms with Gasteiger partial charge in [-0.3, -0.25) is 0 Å². The van der Waals surface area contributed by atoms with Gasteiger partial charge in [0.05, 0.1) is 41.1 Å². The Hall–Kier alpha value is -1.92. The quantitative estimate of drug-likeness (QED) is 0.759. The van der Waals surface area contributed by atoms with Gasteiger partial charge in [-0.1, -0.05) is 0 Å². The molecular formula is C14H14N4OS. The second-order valence-corrected chi connectivity index (χ2v) is 5.91. The van der Waals surface area contributed by atoms with Gasteiger partial charge in [-0.15, -0.1) is 11.3 Å². The molecule has 0 bridgehead atoms. The van der Waals surface area contributed by atoms with Gasteiger partial charge in [-0.05, 0) is 18.2 Å². The number of hydrogen-bond acceptors (Lipinski definition) is 5. The summed E-state index contributed by atoms with van der Waals surface area (Å²) >= 11 is 1.72. The molecule has 4 rings (SSSR count). The lowest BCUT2D eigenvalue weighted by Crippen LogP contribution is -2.28. The molecule has 2 N–H and O–H groups in total. The average Bonchev–Trinajstić information content (AvgIpc) is 3.11. The summed E-state index contributed by atoms with van der Waals surface area (Å²) in [6.45, 7) is 0.819. The number of fused-ring (bicyclic) bond motifs is 2. The van der Waals surface area contributed by atoms with Gasteiger partial charge in [-0.25, -0.2) is 9.97 Å². The fourth-order valence-corrected chi connectivity index (χ4v) is 3.61. The first-order chi connectivity index (χ1) is 9.83. The van der Waals surface area contributed by atoms with Crippen LogP contribution in [0.4, 0.5) is 0 Å². The van der Waals surface area contributed by atoms with Crippen LogP contribution in [-0.4, -0.2) is 22.1 Å². The fraction of sp³-hybridized carbons (Fsp3) is 0.286. The number of imidazole rings is 1. The molecule has 1 aromatic carbocycles. The van der Waals surface area contributed by atoms with Crippen molar-refractivity contribution in [2.24, 2.45) is 0 Å². The van der Waals surface area contributed by atoms with Crippen LogP contribution < -0.4 is 10.1 Å². The first-order valence-corrected chi connectivity index (χ1v) is 7.34. The zero-order valence-electron chi connectivity index (χ0n) is 11.0. The predicted octanol–water partition coefficient (Wildman–Crippen LogP) is 2.42. The molecule has 5 nitrogen and oxygen atoms in total. The van der Waals surface area contributed by atoms with Gasteiger partial charge in [0, 0.05) is 13.0 Å². The number of thiazole rings is 1. The maximum absolute atomic E-state index is 5.26. The summed E-state index contributed by atoms with van der Waals surface area (Å²) in [5.74, 6) is 0.874. The van der Waals surface area contributed by atoms with E-state index in [1.807, 2.05) is 18.2 Å². The minimum Gasteiger partial charge on any atom is -0.497 e. The molecule has 102 valence electrons. The van der Waals surface area contributed by atoms with Crippen LogP contribution in [0.3, 0.4) is 0 Å². The van der Waals surface area contributed by atoms with E-state index in [-0.39, 0.29) is 6.04 Å². The lowest BCUT2D eigenvalue weighted by atomic mass is 10.1. The first kappa shape index (κ1) is 11.9. The van der Waals surface area contributed by atoms with Crippen molar-refractivity contribution in [3.05, 3.63) is 40.9 Å². The highest BCUT2D eigenvalue weighted by Gasteiger charge is 2.24. The number of H-pyrrole nitrogens is 1. The van der Waals surface area contributed by atoms with Crippen molar-refractivity contribution in [1.29, 1.82) is 0 Å². The molecule has 6 heteroatoms. The highest BCUT2D eigenvalue weighted by molar-refractivity contribution is 7.18. The van der Waals surface area contributed by atoms with E-state index in [1.54, 1.807) is 24.8 Å². The first-order valence-electron chi connectivity index (χ1n) is 6.52. The summed E-state index contributed by atoms with van der Waals surface area (Å²) in [5.41, 5.74) is 3.36. The molecule has 1 unspecified atom stereocenters. The summed E-state index contributed by atoms with van der Waals surface area (Å²) < 4.78 is 6.42. The summed E-state index contributed by atoms with van der Waals surface area (Å²) in [7, 11) is 1.69. The molecule has 2 aromatic heterocycles. The van der Waals surface area contributed by atoms with Crippen molar-refractivity contribution in [2.45, 2.75) is 19.0 Å². The maximum atomic E-state index is 5.26. The molecule has 0 amide bonds. The monoisotopic (exact) mass is 286 g/mol. The Bertz CT molecular complexity index is 763. The summed E-state index contributed by atoms with van der Waals surface area (Å²) in [6, 6.07) is 6.25. The Kier molecular flexibility index (Phi) is 2.71. The average molecular weight is 286 g/mol. The molecule has 1 atom stereocenters. The number of nitrogens with zero attached hydrogens (tertiary/aromatic N) is 2. The van der Waals surface area contributed by atoms with E-state index in [0.717, 1.165) is 39.6 Å². The SMILES string of the molecule is COc1ccc2nc(C3Cc4nc[nH]c4CN3)sc2c1. The summed E-state index contributed by atoms with van der Waals surface area (Å²) in [4.78, 5) is 12.3. The number of aromatic nitrogens is 3. The van der Waals surface area contributed by atoms with E-state index >= 15 is 0 Å². The van der Waals surface area contributed by atoms with E-state index in [0.29, 0.717) is 0 Å². The molecule has 1 aliphatic heterocycles. The smallest absolute Gasteiger partial charge is 0.120 e. The molecule has 0 radical (unpaired) electrons. The van der Waals surface area contributed by atoms with Gasteiger partial charge in [0.15, 0.2) is 0 Å². The molecule has 3 heterocycles. The largest absolute Gasteiger partial charge is 0.497 e. The fourth-order valence-electron chi connectivity index (χ4n) is 2.54. The van der Waals surface area contributed by atoms with Crippen LogP contribution in [0.15, 0.2) is 24.5 Å². The van der Waals surface area contributed by atoms with E-state index in [2.05, 4.69) is 15.3 Å². The molecule has 0 spiro atoms. The minimum absolute atomic E-state index is 0.245. The van der Waals surface area contributed by atoms with Gasteiger partial charge in [0.2, 0.25) is 0 Å². The van der Waals surface area contributed by atoms with E-state index in [1.165, 1.54) is 5.69 Å². The third-order valence-electron chi connectivity index (χ3n) is 3.64. The van der Waals surface area contributed by atoms with Gasteiger partial charge in [0.1, 0.15) is 10.8 Å². The van der Waals surface area contributed by atoms with Crippen molar-refractivity contribution in [2.75, 3.05) is 7.11 Å². The molecule has 20 heavy (non-hydrogen) atoms. The lowest BCUT2D eigenvalue weighted by molar-refractivity contribution is 0.415. The van der Waals surface area contributed by atoms with Crippen LogP contribution in [0.1, 0.15) is 22.4 Å². The van der Waals surface area contributed by atoms with Gasteiger partial charge in [-0.2, -0.15) is 0 Å². The van der Waals surface area contributed by atoms with Crippen LogP contribution in [0.2, 0.25) is 0 Å². The highest BCUT2D eigenvalue weighted by atomic mass is 32.1. The third kappa shape index (κ3) is 1.88. The Labute approximate surface area is 120 Å². The Morgan fingerprint density at radius 3 is 3.25 bits per heavy atom. The molecule has 3 aromatic rings. The maximum Gasteiger partial charge on any atom is 0.120 e. The van der Waals surface area contributed by atoms with Crippen LogP contribution in [-0.2, 0) is 13.0 Å². The number of ether oxygens (including phenoxy) is 1. The van der Waals surface area contributed by atoms with Crippen LogP contribution in [0.5, 0.6) is 5.75 Å². The summed E-state index contributed by atoms with van der Waals surface area (Å²) in [6.07, 6.45) is 2.65. The molecule has 1 aliphatic rings. The van der Waals surface area contributed by atoms with E-state index < -0.39 is 0 Å². The Morgan fingerprint density at radius 2 is 2.35 bits per heavy atom. The van der Waals surface area contributed by atoms with Crippen molar-refractivity contribution in [3.63, 3.8) is 0 Å². The number of aromatic amines is 1. The van der Waals surface area contributed by atoms with E-state index in [9.17, 15) is 0 Å². The topological polar surface area (TPSA) is 62.8 Å². The van der Waals surface area contributed by atoms with Gasteiger partial charge < -0.3 is 15.0 Å². The lowest BCUT2D eigenvalue weighted by Gasteiger charge is -2.20.